The zero-order valence-corrected chi connectivity index (χ0v) is 12.8. The topological polar surface area (TPSA) is 147 Å². The molecule has 0 bridgehead atoms. The number of ether oxygens (including phenoxy) is 2. The molecule has 0 saturated carbocycles. The van der Waals surface area contributed by atoms with Crippen LogP contribution in [0.2, 0.25) is 0 Å². The van der Waals surface area contributed by atoms with E-state index in [2.05, 4.69) is 0 Å². The van der Waals surface area contributed by atoms with Crippen LogP contribution in [0.3, 0.4) is 0 Å². The Bertz CT molecular complexity index is 902. The van der Waals surface area contributed by atoms with Gasteiger partial charge < -0.3 is 19.7 Å². The van der Waals surface area contributed by atoms with Gasteiger partial charge in [0, 0.05) is 0 Å². The molecule has 9 nitrogen and oxygen atoms in total. The van der Waals surface area contributed by atoms with Gasteiger partial charge in [0.05, 0.1) is 0 Å². The largest absolute Gasteiger partial charge is 0.482 e. The van der Waals surface area contributed by atoms with Crippen LogP contribution in [-0.4, -0.2) is 48.3 Å². The molecule has 2 aromatic rings. The van der Waals surface area contributed by atoms with Gasteiger partial charge in [0.1, 0.15) is 16.4 Å². The molecular weight excluding hydrogens is 344 g/mol. The van der Waals surface area contributed by atoms with E-state index < -0.39 is 40.2 Å². The van der Waals surface area contributed by atoms with Gasteiger partial charge in [-0.05, 0) is 35.0 Å². The number of hydrogen-bond donors (Lipinski definition) is 3. The maximum Gasteiger partial charge on any atom is 0.341 e. The maximum absolute atomic E-state index is 11.5. The molecule has 0 atom stereocenters. The minimum absolute atomic E-state index is 0.186. The van der Waals surface area contributed by atoms with Crippen molar-refractivity contribution in [2.45, 2.75) is 4.90 Å². The molecule has 0 fully saturated rings. The predicted molar refractivity (Wildman–Crippen MR) is 80.0 cm³/mol. The molecule has 0 aliphatic heterocycles. The molecule has 0 saturated heterocycles. The Hall–Kier alpha value is -2.85. The first-order chi connectivity index (χ1) is 11.2. The summed E-state index contributed by atoms with van der Waals surface area (Å²) in [5.41, 5.74) is 0. The van der Waals surface area contributed by atoms with Crippen LogP contribution in [0.5, 0.6) is 11.5 Å². The monoisotopic (exact) mass is 356 g/mol. The van der Waals surface area contributed by atoms with Gasteiger partial charge in [0.15, 0.2) is 13.2 Å². The van der Waals surface area contributed by atoms with E-state index >= 15 is 0 Å². The fourth-order valence-corrected chi connectivity index (χ4v) is 2.57. The molecule has 128 valence electrons. The highest BCUT2D eigenvalue weighted by Gasteiger charge is 2.19. The van der Waals surface area contributed by atoms with E-state index in [1.807, 2.05) is 0 Å². The van der Waals surface area contributed by atoms with E-state index in [9.17, 15) is 22.6 Å². The fraction of sp³-hybridized carbons (Fsp3) is 0.143. The number of rotatable bonds is 7. The fourth-order valence-electron chi connectivity index (χ4n) is 1.92. The van der Waals surface area contributed by atoms with Gasteiger partial charge in [-0.3, -0.25) is 4.55 Å². The number of carboxylic acid groups (broad SMARTS) is 2. The number of fused-ring (bicyclic) bond motifs is 1. The van der Waals surface area contributed by atoms with Crippen molar-refractivity contribution in [3.05, 3.63) is 30.3 Å². The van der Waals surface area contributed by atoms with Gasteiger partial charge in [0.25, 0.3) is 10.1 Å². The number of hydrogen-bond acceptors (Lipinski definition) is 6. The molecule has 10 heteroatoms. The summed E-state index contributed by atoms with van der Waals surface area (Å²) in [5, 5.41) is 18.0. The van der Waals surface area contributed by atoms with Crippen LogP contribution in [-0.2, 0) is 19.7 Å². The lowest BCUT2D eigenvalue weighted by atomic mass is 10.1. The van der Waals surface area contributed by atoms with E-state index in [-0.39, 0.29) is 11.5 Å². The van der Waals surface area contributed by atoms with Crippen LogP contribution in [0, 0.1) is 0 Å². The van der Waals surface area contributed by atoms with Gasteiger partial charge in [-0.2, -0.15) is 8.42 Å². The van der Waals surface area contributed by atoms with Crippen molar-refractivity contribution in [3.8, 4) is 11.5 Å². The number of benzene rings is 2. The predicted octanol–water partition coefficient (Wildman–Crippen LogP) is 1.01. The van der Waals surface area contributed by atoms with Crippen LogP contribution in [0.15, 0.2) is 35.2 Å². The standard InChI is InChI=1S/C14H12O9S/c15-13(16)6-22-10-2-1-8-4-11(23-7-14(17)18)12(24(19,20)21)5-9(8)3-10/h1-5H,6-7H2,(H,15,16)(H,17,18)(H,19,20,21). The number of carboxylic acids is 2. The molecule has 0 spiro atoms. The maximum atomic E-state index is 11.5. The zero-order valence-electron chi connectivity index (χ0n) is 12.0. The van der Waals surface area contributed by atoms with Gasteiger partial charge in [0.2, 0.25) is 0 Å². The van der Waals surface area contributed by atoms with Gasteiger partial charge in [-0.15, -0.1) is 0 Å². The molecule has 3 N–H and O–H groups in total. The zero-order chi connectivity index (χ0) is 17.9. The molecule has 0 aliphatic carbocycles. The summed E-state index contributed by atoms with van der Waals surface area (Å²) in [7, 11) is -4.66. The van der Waals surface area contributed by atoms with Crippen molar-refractivity contribution in [2.24, 2.45) is 0 Å². The Kier molecular flexibility index (Phi) is 4.90. The first-order valence-electron chi connectivity index (χ1n) is 6.41. The highest BCUT2D eigenvalue weighted by atomic mass is 32.2. The minimum atomic E-state index is -4.66. The molecule has 0 radical (unpaired) electrons. The molecule has 0 aliphatic rings. The Labute approximate surface area is 135 Å². The van der Waals surface area contributed by atoms with Crippen LogP contribution in [0.4, 0.5) is 0 Å². The van der Waals surface area contributed by atoms with Crippen molar-refractivity contribution in [1.29, 1.82) is 0 Å². The third-order valence-electron chi connectivity index (χ3n) is 2.87. The van der Waals surface area contributed by atoms with E-state index in [1.165, 1.54) is 24.3 Å². The lowest BCUT2D eigenvalue weighted by molar-refractivity contribution is -0.140. The Morgan fingerprint density at radius 1 is 0.917 bits per heavy atom. The Balaban J connectivity index is 2.49. The number of carbonyl (C=O) groups is 2. The Morgan fingerprint density at radius 3 is 2.12 bits per heavy atom. The van der Waals surface area contributed by atoms with Crippen LogP contribution in [0.25, 0.3) is 10.8 Å². The SMILES string of the molecule is O=C(O)COc1ccc2cc(OCC(=O)O)c(S(=O)(=O)O)cc2c1. The van der Waals surface area contributed by atoms with Crippen LogP contribution < -0.4 is 9.47 Å². The highest BCUT2D eigenvalue weighted by molar-refractivity contribution is 7.86. The van der Waals surface area contributed by atoms with Crippen molar-refractivity contribution >= 4 is 32.8 Å². The second kappa shape index (κ2) is 6.72. The average Bonchev–Trinajstić information content (AvgIpc) is 2.48. The molecule has 2 rings (SSSR count). The third kappa shape index (κ3) is 4.33. The molecule has 0 heterocycles. The van der Waals surface area contributed by atoms with Crippen LogP contribution in [0.1, 0.15) is 0 Å². The quantitative estimate of drug-likeness (QED) is 0.618. The van der Waals surface area contributed by atoms with E-state index in [0.717, 1.165) is 6.07 Å². The lowest BCUT2D eigenvalue weighted by Crippen LogP contribution is -2.12. The molecule has 0 unspecified atom stereocenters. The smallest absolute Gasteiger partial charge is 0.341 e. The van der Waals surface area contributed by atoms with E-state index in [1.54, 1.807) is 0 Å². The van der Waals surface area contributed by atoms with Gasteiger partial charge in [-0.25, -0.2) is 9.59 Å². The summed E-state index contributed by atoms with van der Waals surface area (Å²) in [5.74, 6) is -2.61. The second-order valence-corrected chi connectivity index (χ2v) is 6.04. The molecule has 24 heavy (non-hydrogen) atoms. The molecule has 2 aromatic carbocycles. The van der Waals surface area contributed by atoms with Crippen molar-refractivity contribution in [1.82, 2.24) is 0 Å². The minimum Gasteiger partial charge on any atom is -0.482 e. The van der Waals surface area contributed by atoms with E-state index in [4.69, 9.17) is 19.7 Å². The lowest BCUT2D eigenvalue weighted by Gasteiger charge is -2.11. The van der Waals surface area contributed by atoms with Crippen molar-refractivity contribution < 1.29 is 42.2 Å². The van der Waals surface area contributed by atoms with E-state index in [0.29, 0.717) is 10.8 Å². The molecule has 0 amide bonds. The summed E-state index contributed by atoms with van der Waals surface area (Å²) in [6, 6.07) is 6.68. The number of aliphatic carboxylic acids is 2. The summed E-state index contributed by atoms with van der Waals surface area (Å²) in [4.78, 5) is 20.5. The van der Waals surface area contributed by atoms with Crippen LogP contribution >= 0.6 is 0 Å². The third-order valence-corrected chi connectivity index (χ3v) is 3.74. The normalized spacial score (nSPS) is 11.2. The molecular formula is C14H12O9S. The van der Waals surface area contributed by atoms with Gasteiger partial charge in [-0.1, -0.05) is 6.07 Å². The van der Waals surface area contributed by atoms with Crippen molar-refractivity contribution in [2.75, 3.05) is 13.2 Å². The average molecular weight is 356 g/mol. The summed E-state index contributed by atoms with van der Waals surface area (Å²) in [6.07, 6.45) is 0. The van der Waals surface area contributed by atoms with Crippen molar-refractivity contribution in [3.63, 3.8) is 0 Å². The summed E-state index contributed by atoms with van der Waals surface area (Å²) in [6.45, 7) is -1.36. The first-order valence-corrected chi connectivity index (χ1v) is 7.85. The Morgan fingerprint density at radius 2 is 1.54 bits per heavy atom. The summed E-state index contributed by atoms with van der Waals surface area (Å²) >= 11 is 0. The van der Waals surface area contributed by atoms with Gasteiger partial charge >= 0.3 is 11.9 Å². The highest BCUT2D eigenvalue weighted by Crippen LogP contribution is 2.31. The summed E-state index contributed by atoms with van der Waals surface area (Å²) < 4.78 is 42.1. The second-order valence-electron chi connectivity index (χ2n) is 4.65. The molecule has 0 aromatic heterocycles. The first kappa shape index (κ1) is 17.5.